The first-order chi connectivity index (χ1) is 9.15. The molecule has 0 amide bonds. The maximum Gasteiger partial charge on any atom is 0.178 e. The minimum absolute atomic E-state index is 0.0400. The minimum atomic E-state index is -0.239. The van der Waals surface area contributed by atoms with Gasteiger partial charge < -0.3 is 19.0 Å². The minimum Gasteiger partial charge on any atom is -0.376 e. The fourth-order valence-electron chi connectivity index (χ4n) is 2.18. The van der Waals surface area contributed by atoms with Crippen molar-refractivity contribution in [1.29, 1.82) is 0 Å². The molecule has 0 radical (unpaired) electrons. The van der Waals surface area contributed by atoms with E-state index in [2.05, 4.69) is 4.98 Å². The lowest BCUT2D eigenvalue weighted by Crippen LogP contribution is -2.32. The zero-order valence-electron chi connectivity index (χ0n) is 9.99. The molecule has 19 heavy (non-hydrogen) atoms. The summed E-state index contributed by atoms with van der Waals surface area (Å²) in [6.07, 6.45) is -0.0400. The van der Waals surface area contributed by atoms with Gasteiger partial charge in [-0.2, -0.15) is 0 Å². The number of aromatic nitrogens is 2. The number of halogens is 2. The largest absolute Gasteiger partial charge is 0.376 e. The van der Waals surface area contributed by atoms with E-state index >= 15 is 0 Å². The van der Waals surface area contributed by atoms with Gasteiger partial charge >= 0.3 is 0 Å². The van der Waals surface area contributed by atoms with E-state index in [9.17, 15) is 4.39 Å². The second-order valence-electron chi connectivity index (χ2n) is 4.39. The van der Waals surface area contributed by atoms with E-state index in [4.69, 9.17) is 21.7 Å². The highest BCUT2D eigenvalue weighted by molar-refractivity contribution is 14.1. The van der Waals surface area contributed by atoms with E-state index in [0.717, 1.165) is 11.0 Å². The Morgan fingerprint density at radius 3 is 3.05 bits per heavy atom. The van der Waals surface area contributed by atoms with E-state index < -0.39 is 0 Å². The molecular formula is C12H12FIN2O2S. The van der Waals surface area contributed by atoms with Gasteiger partial charge in [0.15, 0.2) is 4.77 Å². The quantitative estimate of drug-likeness (QED) is 0.629. The van der Waals surface area contributed by atoms with E-state index in [-0.39, 0.29) is 11.9 Å². The molecule has 1 aliphatic heterocycles. The highest BCUT2D eigenvalue weighted by atomic mass is 127. The van der Waals surface area contributed by atoms with Crippen molar-refractivity contribution in [1.82, 2.24) is 9.55 Å². The number of fused-ring (bicyclic) bond motifs is 1. The lowest BCUT2D eigenvalue weighted by atomic mass is 10.3. The number of benzene rings is 1. The van der Waals surface area contributed by atoms with Gasteiger partial charge in [0, 0.05) is 6.07 Å². The van der Waals surface area contributed by atoms with Crippen LogP contribution < -0.4 is 0 Å². The van der Waals surface area contributed by atoms with Crippen LogP contribution in [0.15, 0.2) is 12.1 Å². The van der Waals surface area contributed by atoms with Crippen LogP contribution in [0.1, 0.15) is 0 Å². The van der Waals surface area contributed by atoms with Crippen LogP contribution in [0.4, 0.5) is 4.39 Å². The molecule has 0 bridgehead atoms. The highest BCUT2D eigenvalue weighted by Crippen LogP contribution is 2.21. The zero-order chi connectivity index (χ0) is 13.4. The maximum atomic E-state index is 13.7. The average Bonchev–Trinajstić information content (AvgIpc) is 2.68. The number of H-pyrrole nitrogens is 1. The van der Waals surface area contributed by atoms with Gasteiger partial charge in [-0.05, 0) is 40.9 Å². The molecule has 2 aromatic rings. The van der Waals surface area contributed by atoms with Crippen molar-refractivity contribution in [2.24, 2.45) is 0 Å². The zero-order valence-corrected chi connectivity index (χ0v) is 13.0. The Morgan fingerprint density at radius 2 is 2.32 bits per heavy atom. The normalized spacial score (nSPS) is 20.0. The van der Waals surface area contributed by atoms with Gasteiger partial charge in [-0.15, -0.1) is 0 Å². The van der Waals surface area contributed by atoms with Gasteiger partial charge in [0.25, 0.3) is 0 Å². The van der Waals surface area contributed by atoms with Crippen molar-refractivity contribution in [3.8, 4) is 0 Å². The smallest absolute Gasteiger partial charge is 0.178 e. The Kier molecular flexibility index (Phi) is 3.88. The molecule has 0 spiro atoms. The molecule has 7 heteroatoms. The molecular weight excluding hydrogens is 382 g/mol. The number of aromatic amines is 1. The van der Waals surface area contributed by atoms with Crippen molar-refractivity contribution in [3.05, 3.63) is 26.3 Å². The first-order valence-electron chi connectivity index (χ1n) is 5.92. The molecule has 1 aromatic heterocycles. The summed E-state index contributed by atoms with van der Waals surface area (Å²) in [4.78, 5) is 3.09. The van der Waals surface area contributed by atoms with Gasteiger partial charge in [-0.1, -0.05) is 0 Å². The number of nitrogens with one attached hydrogen (secondary N) is 1. The van der Waals surface area contributed by atoms with E-state index in [1.54, 1.807) is 6.07 Å². The molecule has 1 aliphatic rings. The Bertz CT molecular complexity index is 664. The monoisotopic (exact) mass is 394 g/mol. The Morgan fingerprint density at radius 1 is 1.47 bits per heavy atom. The van der Waals surface area contributed by atoms with Crippen LogP contribution in [0.25, 0.3) is 11.0 Å². The molecule has 0 aliphatic carbocycles. The predicted octanol–water partition coefficient (Wildman–Crippen LogP) is 2.86. The molecule has 2 heterocycles. The lowest BCUT2D eigenvalue weighted by Gasteiger charge is -2.23. The van der Waals surface area contributed by atoms with Crippen molar-refractivity contribution in [3.63, 3.8) is 0 Å². The van der Waals surface area contributed by atoms with Crippen LogP contribution in [0.2, 0.25) is 0 Å². The Hall–Kier alpha value is -0.510. The number of imidazole rings is 1. The standard InChI is InChI=1S/C12H12FIN2O2S/c13-8-3-11-10(4-9(8)14)15-12(19)16(11)5-7-6-17-1-2-18-7/h3-4,7H,1-2,5-6H2,(H,15,19). The molecule has 1 aromatic carbocycles. The first-order valence-corrected chi connectivity index (χ1v) is 7.41. The molecule has 3 rings (SSSR count). The third-order valence-electron chi connectivity index (χ3n) is 3.09. The number of nitrogens with zero attached hydrogens (tertiary/aromatic N) is 1. The van der Waals surface area contributed by atoms with E-state index in [1.807, 2.05) is 27.2 Å². The van der Waals surface area contributed by atoms with E-state index in [1.165, 1.54) is 6.07 Å². The summed E-state index contributed by atoms with van der Waals surface area (Å²) < 4.78 is 27.7. The lowest BCUT2D eigenvalue weighted by molar-refractivity contribution is -0.0933. The molecule has 0 saturated carbocycles. The van der Waals surface area contributed by atoms with E-state index in [0.29, 0.717) is 34.7 Å². The number of hydrogen-bond acceptors (Lipinski definition) is 3. The van der Waals surface area contributed by atoms with Crippen molar-refractivity contribution < 1.29 is 13.9 Å². The van der Waals surface area contributed by atoms with Gasteiger partial charge in [0.05, 0.1) is 47.1 Å². The fraction of sp³-hybridized carbons (Fsp3) is 0.417. The molecule has 1 unspecified atom stereocenters. The highest BCUT2D eigenvalue weighted by Gasteiger charge is 2.17. The number of ether oxygens (including phenoxy) is 2. The Labute approximate surface area is 128 Å². The summed E-state index contributed by atoms with van der Waals surface area (Å²) in [5.74, 6) is -0.239. The van der Waals surface area contributed by atoms with Gasteiger partial charge in [-0.3, -0.25) is 0 Å². The predicted molar refractivity (Wildman–Crippen MR) is 80.4 cm³/mol. The summed E-state index contributed by atoms with van der Waals surface area (Å²) in [6.45, 7) is 2.33. The van der Waals surface area contributed by atoms with Gasteiger partial charge in [0.1, 0.15) is 5.82 Å². The third-order valence-corrected chi connectivity index (χ3v) is 4.24. The second kappa shape index (κ2) is 5.47. The van der Waals surface area contributed by atoms with Crippen LogP contribution >= 0.6 is 34.8 Å². The van der Waals surface area contributed by atoms with Crippen LogP contribution in [0.3, 0.4) is 0 Å². The van der Waals surface area contributed by atoms with Crippen molar-refractivity contribution >= 4 is 45.8 Å². The summed E-state index contributed by atoms with van der Waals surface area (Å²) >= 11 is 7.26. The van der Waals surface area contributed by atoms with Crippen LogP contribution in [-0.2, 0) is 16.0 Å². The van der Waals surface area contributed by atoms with Crippen LogP contribution in [0.5, 0.6) is 0 Å². The summed E-state index contributed by atoms with van der Waals surface area (Å²) in [5.41, 5.74) is 1.60. The second-order valence-corrected chi connectivity index (χ2v) is 5.94. The molecule has 1 atom stereocenters. The number of hydrogen-bond donors (Lipinski definition) is 1. The van der Waals surface area contributed by atoms with Crippen molar-refractivity contribution in [2.45, 2.75) is 12.6 Å². The maximum absolute atomic E-state index is 13.7. The number of rotatable bonds is 2. The SMILES string of the molecule is Fc1cc2c(cc1I)[nH]c(=S)n2CC1COCCO1. The summed E-state index contributed by atoms with van der Waals surface area (Å²) in [7, 11) is 0. The van der Waals surface area contributed by atoms with Crippen LogP contribution in [-0.4, -0.2) is 35.5 Å². The van der Waals surface area contributed by atoms with Crippen molar-refractivity contribution in [2.75, 3.05) is 19.8 Å². The molecule has 1 N–H and O–H groups in total. The average molecular weight is 394 g/mol. The Balaban J connectivity index is 2.00. The van der Waals surface area contributed by atoms with Crippen LogP contribution in [0, 0.1) is 14.2 Å². The third kappa shape index (κ3) is 2.69. The summed E-state index contributed by atoms with van der Waals surface area (Å²) in [5, 5.41) is 0. The topological polar surface area (TPSA) is 39.2 Å². The molecule has 102 valence electrons. The molecule has 4 nitrogen and oxygen atoms in total. The fourth-order valence-corrected chi connectivity index (χ4v) is 2.93. The van der Waals surface area contributed by atoms with Gasteiger partial charge in [0.2, 0.25) is 0 Å². The molecule has 1 fully saturated rings. The first kappa shape index (κ1) is 13.5. The van der Waals surface area contributed by atoms with Gasteiger partial charge in [-0.25, -0.2) is 4.39 Å². The molecule has 1 saturated heterocycles. The summed E-state index contributed by atoms with van der Waals surface area (Å²) in [6, 6.07) is 3.27.